The maximum Gasteiger partial charge on any atom is 0.139 e. The van der Waals surface area contributed by atoms with Crippen LogP contribution in [0.1, 0.15) is 22.5 Å². The molecule has 0 saturated heterocycles. The maximum absolute atomic E-state index is 6.36. The summed E-state index contributed by atoms with van der Waals surface area (Å²) < 4.78 is 0. The molecule has 2 aliphatic rings. The number of imidazole rings is 1. The molecule has 1 aliphatic heterocycles. The topological polar surface area (TPSA) is 31.9 Å². The molecule has 2 heterocycles. The van der Waals surface area contributed by atoms with Gasteiger partial charge in [-0.05, 0) is 42.2 Å². The molecular formula is C20H17Cl2N3. The lowest BCUT2D eigenvalue weighted by atomic mass is 10.1. The summed E-state index contributed by atoms with van der Waals surface area (Å²) in [4.78, 5) is 10.8. The molecule has 0 bridgehead atoms. The molecule has 3 nitrogen and oxygen atoms in total. The number of nitrogens with zero attached hydrogens (tertiary/aromatic N) is 2. The average molecular weight is 370 g/mol. The molecule has 0 spiro atoms. The van der Waals surface area contributed by atoms with Crippen molar-refractivity contribution in [2.24, 2.45) is 0 Å². The Kier molecular flexibility index (Phi) is 3.63. The van der Waals surface area contributed by atoms with Gasteiger partial charge in [-0.15, -0.1) is 0 Å². The molecule has 0 amide bonds. The monoisotopic (exact) mass is 369 g/mol. The van der Waals surface area contributed by atoms with E-state index in [9.17, 15) is 0 Å². The van der Waals surface area contributed by atoms with Gasteiger partial charge in [-0.1, -0.05) is 47.5 Å². The molecule has 5 heteroatoms. The Morgan fingerprint density at radius 2 is 1.80 bits per heavy atom. The Bertz CT molecular complexity index is 940. The summed E-state index contributed by atoms with van der Waals surface area (Å²) in [6.45, 7) is 1.79. The lowest BCUT2D eigenvalue weighted by Crippen LogP contribution is -2.31. The predicted octanol–water partition coefficient (Wildman–Crippen LogP) is 4.87. The Balaban J connectivity index is 1.36. The fourth-order valence-electron chi connectivity index (χ4n) is 4.04. The van der Waals surface area contributed by atoms with Gasteiger partial charge >= 0.3 is 0 Å². The van der Waals surface area contributed by atoms with Crippen LogP contribution in [0.3, 0.4) is 0 Å². The summed E-state index contributed by atoms with van der Waals surface area (Å²) in [6, 6.07) is 14.6. The smallest absolute Gasteiger partial charge is 0.139 e. The second-order valence-corrected chi connectivity index (χ2v) is 7.65. The summed E-state index contributed by atoms with van der Waals surface area (Å²) in [6.07, 6.45) is 2.09. The summed E-state index contributed by atoms with van der Waals surface area (Å²) in [5.74, 6) is 0.869. The molecule has 1 atom stereocenters. The fourth-order valence-corrected chi connectivity index (χ4v) is 4.54. The highest BCUT2D eigenvalue weighted by Gasteiger charge is 2.33. The number of benzene rings is 2. The van der Waals surface area contributed by atoms with E-state index in [0.29, 0.717) is 6.04 Å². The van der Waals surface area contributed by atoms with Gasteiger partial charge in [0.2, 0.25) is 0 Å². The summed E-state index contributed by atoms with van der Waals surface area (Å²) in [7, 11) is 0. The number of aromatic amines is 1. The van der Waals surface area contributed by atoms with Crippen LogP contribution in [0.5, 0.6) is 0 Å². The van der Waals surface area contributed by atoms with Crippen LogP contribution in [-0.2, 0) is 25.9 Å². The van der Waals surface area contributed by atoms with Crippen molar-refractivity contribution in [3.63, 3.8) is 0 Å². The van der Waals surface area contributed by atoms with Gasteiger partial charge < -0.3 is 4.98 Å². The number of hydrogen-bond donors (Lipinski definition) is 1. The van der Waals surface area contributed by atoms with Crippen molar-refractivity contribution in [2.75, 3.05) is 0 Å². The molecule has 0 fully saturated rings. The summed E-state index contributed by atoms with van der Waals surface area (Å²) in [5, 5.41) is 1.63. The van der Waals surface area contributed by atoms with Crippen LogP contribution in [0.4, 0.5) is 0 Å². The zero-order valence-corrected chi connectivity index (χ0v) is 15.1. The van der Waals surface area contributed by atoms with E-state index in [2.05, 4.69) is 16.0 Å². The first-order valence-electron chi connectivity index (χ1n) is 8.52. The molecule has 1 unspecified atom stereocenters. The first kappa shape index (κ1) is 15.4. The number of nitrogens with one attached hydrogen (secondary N) is 1. The second-order valence-electron chi connectivity index (χ2n) is 6.84. The third-order valence-electron chi connectivity index (χ3n) is 5.33. The molecule has 1 N–H and O–H groups in total. The van der Waals surface area contributed by atoms with Crippen LogP contribution in [0.2, 0.25) is 10.0 Å². The third-order valence-corrected chi connectivity index (χ3v) is 6.02. The highest BCUT2D eigenvalue weighted by atomic mass is 35.5. The van der Waals surface area contributed by atoms with Gasteiger partial charge in [0.15, 0.2) is 0 Å². The van der Waals surface area contributed by atoms with Crippen LogP contribution < -0.4 is 0 Å². The maximum atomic E-state index is 6.36. The SMILES string of the molecule is Clc1ccccc1-c1nc2c([nH]1)CN(C1Cc3cccc(Cl)c3C1)C2. The predicted molar refractivity (Wildman–Crippen MR) is 101 cm³/mol. The molecule has 2 aromatic carbocycles. The average Bonchev–Trinajstić information content (AvgIpc) is 3.27. The Morgan fingerprint density at radius 1 is 0.960 bits per heavy atom. The van der Waals surface area contributed by atoms with Crippen molar-refractivity contribution in [2.45, 2.75) is 32.0 Å². The first-order chi connectivity index (χ1) is 12.2. The minimum atomic E-state index is 0.501. The van der Waals surface area contributed by atoms with Gasteiger partial charge in [0.05, 0.1) is 16.4 Å². The van der Waals surface area contributed by atoms with Gasteiger partial charge in [-0.3, -0.25) is 4.90 Å². The molecule has 0 radical (unpaired) electrons. The van der Waals surface area contributed by atoms with E-state index in [1.807, 2.05) is 36.4 Å². The van der Waals surface area contributed by atoms with Crippen molar-refractivity contribution < 1.29 is 0 Å². The number of halogens is 2. The largest absolute Gasteiger partial charge is 0.340 e. The number of aromatic nitrogens is 2. The van der Waals surface area contributed by atoms with E-state index in [1.165, 1.54) is 16.8 Å². The highest BCUT2D eigenvalue weighted by molar-refractivity contribution is 6.33. The molecule has 5 rings (SSSR count). The van der Waals surface area contributed by atoms with Crippen molar-refractivity contribution in [3.8, 4) is 11.4 Å². The molecule has 3 aromatic rings. The zero-order valence-electron chi connectivity index (χ0n) is 13.6. The third kappa shape index (κ3) is 2.58. The van der Waals surface area contributed by atoms with Crippen LogP contribution in [-0.4, -0.2) is 20.9 Å². The molecule has 126 valence electrons. The molecule has 0 saturated carbocycles. The molecule has 25 heavy (non-hydrogen) atoms. The van der Waals surface area contributed by atoms with E-state index in [4.69, 9.17) is 28.2 Å². The number of H-pyrrole nitrogens is 1. The minimum Gasteiger partial charge on any atom is -0.340 e. The minimum absolute atomic E-state index is 0.501. The number of fused-ring (bicyclic) bond motifs is 2. The second kappa shape index (κ2) is 5.87. The van der Waals surface area contributed by atoms with Crippen molar-refractivity contribution in [1.29, 1.82) is 0 Å². The lowest BCUT2D eigenvalue weighted by molar-refractivity contribution is 0.202. The van der Waals surface area contributed by atoms with E-state index < -0.39 is 0 Å². The molecular weight excluding hydrogens is 353 g/mol. The van der Waals surface area contributed by atoms with Crippen molar-refractivity contribution in [3.05, 3.63) is 75.0 Å². The van der Waals surface area contributed by atoms with Crippen LogP contribution in [0.25, 0.3) is 11.4 Å². The van der Waals surface area contributed by atoms with Gasteiger partial charge in [-0.2, -0.15) is 0 Å². The van der Waals surface area contributed by atoms with Crippen LogP contribution in [0, 0.1) is 0 Å². The summed E-state index contributed by atoms with van der Waals surface area (Å²) in [5.41, 5.74) is 6.01. The highest BCUT2D eigenvalue weighted by Crippen LogP contribution is 2.35. The van der Waals surface area contributed by atoms with Crippen LogP contribution in [0.15, 0.2) is 42.5 Å². The van der Waals surface area contributed by atoms with Gasteiger partial charge in [0.1, 0.15) is 5.82 Å². The van der Waals surface area contributed by atoms with Crippen molar-refractivity contribution in [1.82, 2.24) is 14.9 Å². The zero-order chi connectivity index (χ0) is 17.0. The van der Waals surface area contributed by atoms with Gasteiger partial charge in [0, 0.05) is 29.7 Å². The van der Waals surface area contributed by atoms with Crippen molar-refractivity contribution >= 4 is 23.2 Å². The van der Waals surface area contributed by atoms with E-state index in [1.54, 1.807) is 0 Å². The van der Waals surface area contributed by atoms with Gasteiger partial charge in [0.25, 0.3) is 0 Å². The quantitative estimate of drug-likeness (QED) is 0.698. The standard InChI is InChI=1S/C20H17Cl2N3/c21-16-6-2-1-5-14(16)20-23-18-10-25(11-19(18)24-20)13-8-12-4-3-7-17(22)15(12)9-13/h1-7,13H,8-11H2,(H,23,24). The first-order valence-corrected chi connectivity index (χ1v) is 9.27. The molecule has 1 aromatic heterocycles. The number of rotatable bonds is 2. The fraction of sp³-hybridized carbons (Fsp3) is 0.250. The van der Waals surface area contributed by atoms with E-state index in [-0.39, 0.29) is 0 Å². The van der Waals surface area contributed by atoms with Crippen LogP contribution >= 0.6 is 23.2 Å². The molecule has 1 aliphatic carbocycles. The normalized spacial score (nSPS) is 19.2. The Morgan fingerprint density at radius 3 is 2.60 bits per heavy atom. The van der Waals surface area contributed by atoms with E-state index >= 15 is 0 Å². The number of hydrogen-bond acceptors (Lipinski definition) is 2. The summed E-state index contributed by atoms with van der Waals surface area (Å²) >= 11 is 12.7. The van der Waals surface area contributed by atoms with E-state index in [0.717, 1.165) is 53.1 Å². The van der Waals surface area contributed by atoms with Gasteiger partial charge in [-0.25, -0.2) is 4.98 Å². The Hall–Kier alpha value is -1.81. The lowest BCUT2D eigenvalue weighted by Gasteiger charge is -2.22. The Labute approximate surface area is 156 Å².